The van der Waals surface area contributed by atoms with E-state index in [0.29, 0.717) is 19.4 Å². The first-order chi connectivity index (χ1) is 9.93. The molecule has 2 fully saturated rings. The molecule has 2 aliphatic rings. The van der Waals surface area contributed by atoms with Crippen molar-refractivity contribution >= 4 is 10.0 Å². The van der Waals surface area contributed by atoms with E-state index < -0.39 is 32.3 Å². The van der Waals surface area contributed by atoms with E-state index in [0.717, 1.165) is 24.7 Å². The fourth-order valence-electron chi connectivity index (χ4n) is 2.80. The highest BCUT2D eigenvalue weighted by Crippen LogP contribution is 2.30. The molecule has 0 bridgehead atoms. The topological polar surface area (TPSA) is 58.6 Å². The second kappa shape index (κ2) is 5.28. The number of nitrogens with zero attached hydrogens (tertiary/aromatic N) is 1. The second-order valence-electron chi connectivity index (χ2n) is 5.25. The van der Waals surface area contributed by atoms with Crippen molar-refractivity contribution < 1.29 is 21.9 Å². The minimum atomic E-state index is -4.03. The van der Waals surface area contributed by atoms with Crippen LogP contribution in [0.2, 0.25) is 0 Å². The SMILES string of the molecule is O=S(=O)(c1cc(F)ccc1F)N1CCC2(CC1)NCCO2. The van der Waals surface area contributed by atoms with Gasteiger partial charge in [0.25, 0.3) is 0 Å². The number of rotatable bonds is 2. The van der Waals surface area contributed by atoms with Crippen molar-refractivity contribution in [3.63, 3.8) is 0 Å². The number of piperidine rings is 1. The normalized spacial score (nSPS) is 22.8. The van der Waals surface area contributed by atoms with Gasteiger partial charge in [0.2, 0.25) is 10.0 Å². The molecule has 2 aliphatic heterocycles. The number of nitrogens with one attached hydrogen (secondary N) is 1. The van der Waals surface area contributed by atoms with Crippen LogP contribution < -0.4 is 5.32 Å². The summed E-state index contributed by atoms with van der Waals surface area (Å²) in [5.41, 5.74) is -0.466. The molecule has 5 nitrogen and oxygen atoms in total. The van der Waals surface area contributed by atoms with E-state index in [2.05, 4.69) is 5.32 Å². The maximum atomic E-state index is 13.7. The molecule has 3 rings (SSSR count). The molecular weight excluding hydrogens is 302 g/mol. The van der Waals surface area contributed by atoms with Crippen LogP contribution in [0.25, 0.3) is 0 Å². The summed E-state index contributed by atoms with van der Waals surface area (Å²) in [4.78, 5) is -0.612. The summed E-state index contributed by atoms with van der Waals surface area (Å²) in [5, 5.41) is 3.23. The van der Waals surface area contributed by atoms with Gasteiger partial charge in [-0.25, -0.2) is 17.2 Å². The molecular formula is C13H16F2N2O3S. The number of hydrogen-bond acceptors (Lipinski definition) is 4. The predicted octanol–water partition coefficient (Wildman–Crippen LogP) is 1.07. The zero-order valence-corrected chi connectivity index (χ0v) is 12.1. The Bertz CT molecular complexity index is 635. The molecule has 0 aromatic heterocycles. The minimum Gasteiger partial charge on any atom is -0.359 e. The smallest absolute Gasteiger partial charge is 0.246 e. The predicted molar refractivity (Wildman–Crippen MR) is 71.0 cm³/mol. The summed E-state index contributed by atoms with van der Waals surface area (Å²) < 4.78 is 58.6. The average Bonchev–Trinajstić information content (AvgIpc) is 2.90. The molecule has 0 radical (unpaired) electrons. The molecule has 0 aliphatic carbocycles. The van der Waals surface area contributed by atoms with Crippen molar-refractivity contribution in [1.82, 2.24) is 9.62 Å². The van der Waals surface area contributed by atoms with Crippen molar-refractivity contribution in [3.8, 4) is 0 Å². The lowest BCUT2D eigenvalue weighted by Gasteiger charge is -2.37. The lowest BCUT2D eigenvalue weighted by atomic mass is 10.0. The van der Waals surface area contributed by atoms with Crippen LogP contribution in [0.4, 0.5) is 8.78 Å². The van der Waals surface area contributed by atoms with Gasteiger partial charge in [0.05, 0.1) is 6.61 Å². The van der Waals surface area contributed by atoms with Crippen LogP contribution in [0, 0.1) is 11.6 Å². The molecule has 0 unspecified atom stereocenters. The molecule has 1 aromatic carbocycles. The Labute approximate surface area is 121 Å². The van der Waals surface area contributed by atoms with E-state index >= 15 is 0 Å². The third kappa shape index (κ3) is 2.68. The molecule has 116 valence electrons. The van der Waals surface area contributed by atoms with E-state index in [9.17, 15) is 17.2 Å². The summed E-state index contributed by atoms with van der Waals surface area (Å²) in [6, 6.07) is 2.45. The second-order valence-corrected chi connectivity index (χ2v) is 7.15. The number of hydrogen-bond donors (Lipinski definition) is 1. The Morgan fingerprint density at radius 1 is 1.24 bits per heavy atom. The molecule has 0 saturated carbocycles. The van der Waals surface area contributed by atoms with Crippen LogP contribution in [-0.4, -0.2) is 44.7 Å². The summed E-state index contributed by atoms with van der Waals surface area (Å²) in [5.74, 6) is -1.71. The number of halogens is 2. The highest BCUT2D eigenvalue weighted by molar-refractivity contribution is 7.89. The van der Waals surface area contributed by atoms with Gasteiger partial charge in [-0.05, 0) is 18.2 Å². The van der Waals surface area contributed by atoms with Gasteiger partial charge in [-0.2, -0.15) is 4.31 Å². The van der Waals surface area contributed by atoms with Gasteiger partial charge in [0, 0.05) is 32.5 Å². The van der Waals surface area contributed by atoms with Gasteiger partial charge in [0.15, 0.2) is 0 Å². The van der Waals surface area contributed by atoms with Gasteiger partial charge in [-0.3, -0.25) is 5.32 Å². The molecule has 0 amide bonds. The fourth-order valence-corrected chi connectivity index (χ4v) is 4.32. The van der Waals surface area contributed by atoms with E-state index in [1.807, 2.05) is 0 Å². The molecule has 0 atom stereocenters. The maximum Gasteiger partial charge on any atom is 0.246 e. The van der Waals surface area contributed by atoms with Crippen molar-refractivity contribution in [2.75, 3.05) is 26.2 Å². The van der Waals surface area contributed by atoms with Gasteiger partial charge in [-0.1, -0.05) is 0 Å². The largest absolute Gasteiger partial charge is 0.359 e. The zero-order chi connectivity index (χ0) is 15.1. The van der Waals surface area contributed by atoms with Crippen molar-refractivity contribution in [2.24, 2.45) is 0 Å². The maximum absolute atomic E-state index is 13.7. The lowest BCUT2D eigenvalue weighted by Crippen LogP contribution is -2.52. The first-order valence-corrected chi connectivity index (χ1v) is 8.21. The molecule has 2 saturated heterocycles. The van der Waals surface area contributed by atoms with Crippen molar-refractivity contribution in [1.29, 1.82) is 0 Å². The summed E-state index contributed by atoms with van der Waals surface area (Å²) >= 11 is 0. The van der Waals surface area contributed by atoms with Crippen LogP contribution in [0.15, 0.2) is 23.1 Å². The Kier molecular flexibility index (Phi) is 3.73. The first kappa shape index (κ1) is 14.8. The Morgan fingerprint density at radius 2 is 1.95 bits per heavy atom. The molecule has 1 spiro atoms. The van der Waals surface area contributed by atoms with Gasteiger partial charge in [0.1, 0.15) is 22.3 Å². The molecule has 1 aromatic rings. The molecule has 21 heavy (non-hydrogen) atoms. The Hall–Kier alpha value is -1.09. The van der Waals surface area contributed by atoms with Crippen molar-refractivity contribution in [3.05, 3.63) is 29.8 Å². The first-order valence-electron chi connectivity index (χ1n) is 6.77. The van der Waals surface area contributed by atoms with E-state index in [-0.39, 0.29) is 13.1 Å². The van der Waals surface area contributed by atoms with Gasteiger partial charge < -0.3 is 4.74 Å². The van der Waals surface area contributed by atoms with E-state index in [4.69, 9.17) is 4.74 Å². The van der Waals surface area contributed by atoms with Gasteiger partial charge in [-0.15, -0.1) is 0 Å². The average molecular weight is 318 g/mol. The van der Waals surface area contributed by atoms with E-state index in [1.54, 1.807) is 0 Å². The lowest BCUT2D eigenvalue weighted by molar-refractivity contribution is -0.0446. The molecule has 8 heteroatoms. The minimum absolute atomic E-state index is 0.214. The number of sulfonamides is 1. The van der Waals surface area contributed by atoms with Crippen LogP contribution in [-0.2, 0) is 14.8 Å². The standard InChI is InChI=1S/C13H16F2N2O3S/c14-10-1-2-11(15)12(9-10)21(18,19)17-6-3-13(4-7-17)16-5-8-20-13/h1-2,9,16H,3-8H2. The Morgan fingerprint density at radius 3 is 2.57 bits per heavy atom. The number of benzene rings is 1. The van der Waals surface area contributed by atoms with Gasteiger partial charge >= 0.3 is 0 Å². The number of ether oxygens (including phenoxy) is 1. The molecule has 2 heterocycles. The van der Waals surface area contributed by atoms with Crippen LogP contribution in [0.5, 0.6) is 0 Å². The summed E-state index contributed by atoms with van der Waals surface area (Å²) in [6.45, 7) is 1.77. The summed E-state index contributed by atoms with van der Waals surface area (Å²) in [6.07, 6.45) is 0.979. The zero-order valence-electron chi connectivity index (χ0n) is 11.3. The van der Waals surface area contributed by atoms with E-state index in [1.165, 1.54) is 4.31 Å². The highest BCUT2D eigenvalue weighted by Gasteiger charge is 2.41. The monoisotopic (exact) mass is 318 g/mol. The van der Waals surface area contributed by atoms with Crippen LogP contribution in [0.1, 0.15) is 12.8 Å². The fraction of sp³-hybridized carbons (Fsp3) is 0.538. The quantitative estimate of drug-likeness (QED) is 0.886. The summed E-state index contributed by atoms with van der Waals surface area (Å²) in [7, 11) is -4.03. The third-order valence-corrected chi connectivity index (χ3v) is 5.88. The van der Waals surface area contributed by atoms with Crippen molar-refractivity contribution in [2.45, 2.75) is 23.5 Å². The Balaban J connectivity index is 1.82. The van der Waals surface area contributed by atoms with Crippen LogP contribution in [0.3, 0.4) is 0 Å². The third-order valence-electron chi connectivity index (χ3n) is 3.97. The van der Waals surface area contributed by atoms with Crippen LogP contribution >= 0.6 is 0 Å². The molecule has 1 N–H and O–H groups in total. The highest BCUT2D eigenvalue weighted by atomic mass is 32.2.